The monoisotopic (exact) mass is 395 g/mol. The van der Waals surface area contributed by atoms with Gasteiger partial charge < -0.3 is 5.32 Å². The average molecular weight is 397 g/mol. The Labute approximate surface area is 158 Å². The lowest BCUT2D eigenvalue weighted by molar-refractivity contribution is -0.116. The van der Waals surface area contributed by atoms with Crippen molar-refractivity contribution >= 4 is 57.3 Å². The number of carbonyl (C=O) groups excluding carboxylic acids is 1. The predicted octanol–water partition coefficient (Wildman–Crippen LogP) is 4.30. The van der Waals surface area contributed by atoms with Gasteiger partial charge in [-0.1, -0.05) is 46.9 Å². The highest BCUT2D eigenvalue weighted by molar-refractivity contribution is 6.44. The molecule has 1 amide bonds. The molecule has 0 aliphatic heterocycles. The minimum atomic E-state index is -0.434. The van der Waals surface area contributed by atoms with Crippen molar-refractivity contribution in [1.82, 2.24) is 9.55 Å². The molecule has 1 aromatic heterocycles. The number of aromatic nitrogens is 2. The lowest BCUT2D eigenvalue weighted by atomic mass is 10.1. The Morgan fingerprint density at radius 3 is 2.64 bits per heavy atom. The van der Waals surface area contributed by atoms with Crippen molar-refractivity contribution in [3.05, 3.63) is 67.6 Å². The standard InChI is InChI=1S/C17H12Cl3N3O2/c1-9-3-2-4-10-16(9)21-8-23(17(10)25)7-15(24)22-14-6-12(19)11(18)5-13(14)20/h2-6,8H,7H2,1H3,(H,22,24). The van der Waals surface area contributed by atoms with E-state index in [9.17, 15) is 9.59 Å². The third kappa shape index (κ3) is 3.63. The van der Waals surface area contributed by atoms with Crippen molar-refractivity contribution in [3.8, 4) is 0 Å². The minimum Gasteiger partial charge on any atom is -0.323 e. The molecule has 25 heavy (non-hydrogen) atoms. The molecule has 0 saturated heterocycles. The van der Waals surface area contributed by atoms with E-state index in [1.165, 1.54) is 23.0 Å². The molecule has 0 bridgehead atoms. The van der Waals surface area contributed by atoms with Gasteiger partial charge >= 0.3 is 0 Å². The zero-order chi connectivity index (χ0) is 18.1. The van der Waals surface area contributed by atoms with Crippen molar-refractivity contribution in [2.45, 2.75) is 13.5 Å². The summed E-state index contributed by atoms with van der Waals surface area (Å²) in [6, 6.07) is 8.23. The normalized spacial score (nSPS) is 10.9. The average Bonchev–Trinajstić information content (AvgIpc) is 2.56. The van der Waals surface area contributed by atoms with E-state index in [0.29, 0.717) is 16.6 Å². The maximum Gasteiger partial charge on any atom is 0.261 e. The summed E-state index contributed by atoms with van der Waals surface area (Å²) in [5.41, 5.74) is 1.55. The summed E-state index contributed by atoms with van der Waals surface area (Å²) in [5, 5.41) is 3.88. The number of carbonyl (C=O) groups is 1. The van der Waals surface area contributed by atoms with Crippen LogP contribution in [0.4, 0.5) is 5.69 Å². The number of nitrogens with one attached hydrogen (secondary N) is 1. The fraction of sp³-hybridized carbons (Fsp3) is 0.118. The van der Waals surface area contributed by atoms with E-state index in [4.69, 9.17) is 34.8 Å². The van der Waals surface area contributed by atoms with E-state index in [2.05, 4.69) is 10.3 Å². The van der Waals surface area contributed by atoms with Gasteiger partial charge in [0.15, 0.2) is 0 Å². The number of fused-ring (bicyclic) bond motifs is 1. The molecule has 3 aromatic rings. The lowest BCUT2D eigenvalue weighted by Crippen LogP contribution is -2.28. The molecule has 0 saturated carbocycles. The smallest absolute Gasteiger partial charge is 0.261 e. The number of para-hydroxylation sites is 1. The molecule has 0 aliphatic rings. The van der Waals surface area contributed by atoms with Crippen LogP contribution in [0.15, 0.2) is 41.5 Å². The Morgan fingerprint density at radius 1 is 1.16 bits per heavy atom. The van der Waals surface area contributed by atoms with Gasteiger partial charge in [-0.2, -0.15) is 0 Å². The number of hydrogen-bond donors (Lipinski definition) is 1. The van der Waals surface area contributed by atoms with Crippen molar-refractivity contribution in [3.63, 3.8) is 0 Å². The van der Waals surface area contributed by atoms with Gasteiger partial charge in [-0.25, -0.2) is 4.98 Å². The Bertz CT molecular complexity index is 1050. The predicted molar refractivity (Wildman–Crippen MR) is 101 cm³/mol. The van der Waals surface area contributed by atoms with E-state index >= 15 is 0 Å². The molecule has 2 aromatic carbocycles. The molecular formula is C17H12Cl3N3O2. The second kappa shape index (κ2) is 7.04. The maximum absolute atomic E-state index is 12.5. The summed E-state index contributed by atoms with van der Waals surface area (Å²) < 4.78 is 1.24. The molecule has 0 radical (unpaired) electrons. The number of halogens is 3. The largest absolute Gasteiger partial charge is 0.323 e. The van der Waals surface area contributed by atoms with E-state index in [1.807, 2.05) is 13.0 Å². The van der Waals surface area contributed by atoms with E-state index in [-0.39, 0.29) is 27.2 Å². The second-order valence-corrected chi connectivity index (χ2v) is 6.66. The first-order chi connectivity index (χ1) is 11.9. The van der Waals surface area contributed by atoms with Crippen LogP contribution in [0.3, 0.4) is 0 Å². The number of rotatable bonds is 3. The number of benzene rings is 2. The first-order valence-corrected chi connectivity index (χ1v) is 8.39. The van der Waals surface area contributed by atoms with Crippen LogP contribution in [-0.4, -0.2) is 15.5 Å². The van der Waals surface area contributed by atoms with E-state index in [1.54, 1.807) is 12.1 Å². The molecule has 0 fully saturated rings. The van der Waals surface area contributed by atoms with Crippen LogP contribution in [0.1, 0.15) is 5.56 Å². The number of hydrogen-bond acceptors (Lipinski definition) is 3. The fourth-order valence-corrected chi connectivity index (χ4v) is 3.01. The minimum absolute atomic E-state index is 0.202. The Morgan fingerprint density at radius 2 is 1.88 bits per heavy atom. The van der Waals surface area contributed by atoms with Gasteiger partial charge in [0, 0.05) is 0 Å². The highest BCUT2D eigenvalue weighted by atomic mass is 35.5. The van der Waals surface area contributed by atoms with Crippen LogP contribution in [0.2, 0.25) is 15.1 Å². The van der Waals surface area contributed by atoms with Crippen LogP contribution < -0.4 is 10.9 Å². The first-order valence-electron chi connectivity index (χ1n) is 7.26. The SMILES string of the molecule is Cc1cccc2c(=O)n(CC(=O)Nc3cc(Cl)c(Cl)cc3Cl)cnc12. The van der Waals surface area contributed by atoms with Crippen LogP contribution in [0.25, 0.3) is 10.9 Å². The summed E-state index contributed by atoms with van der Waals surface area (Å²) in [6.07, 6.45) is 1.35. The molecule has 128 valence electrons. The summed E-state index contributed by atoms with van der Waals surface area (Å²) in [4.78, 5) is 29.0. The molecule has 0 unspecified atom stereocenters. The van der Waals surface area contributed by atoms with Crippen molar-refractivity contribution in [2.24, 2.45) is 0 Å². The summed E-state index contributed by atoms with van der Waals surface area (Å²) in [7, 11) is 0. The Hall–Kier alpha value is -2.08. The van der Waals surface area contributed by atoms with E-state index < -0.39 is 5.91 Å². The van der Waals surface area contributed by atoms with Crippen molar-refractivity contribution in [1.29, 1.82) is 0 Å². The lowest BCUT2D eigenvalue weighted by Gasteiger charge is -2.10. The molecular weight excluding hydrogens is 385 g/mol. The van der Waals surface area contributed by atoms with Crippen molar-refractivity contribution < 1.29 is 4.79 Å². The molecule has 1 N–H and O–H groups in total. The quantitative estimate of drug-likeness (QED) is 0.671. The van der Waals surface area contributed by atoms with Gasteiger partial charge in [-0.3, -0.25) is 14.2 Å². The van der Waals surface area contributed by atoms with Crippen molar-refractivity contribution in [2.75, 3.05) is 5.32 Å². The maximum atomic E-state index is 12.5. The fourth-order valence-electron chi connectivity index (χ4n) is 2.41. The number of nitrogens with zero attached hydrogens (tertiary/aromatic N) is 2. The number of amides is 1. The van der Waals surface area contributed by atoms with Crippen LogP contribution in [-0.2, 0) is 11.3 Å². The first kappa shape index (κ1) is 17.7. The van der Waals surface area contributed by atoms with Gasteiger partial charge in [-0.15, -0.1) is 0 Å². The van der Waals surface area contributed by atoms with Crippen LogP contribution in [0, 0.1) is 6.92 Å². The summed E-state index contributed by atoms with van der Waals surface area (Å²) in [5.74, 6) is -0.434. The molecule has 0 spiro atoms. The van der Waals surface area contributed by atoms with Crippen LogP contribution in [0.5, 0.6) is 0 Å². The van der Waals surface area contributed by atoms with E-state index in [0.717, 1.165) is 5.56 Å². The Kier molecular flexibility index (Phi) is 4.99. The highest BCUT2D eigenvalue weighted by Crippen LogP contribution is 2.32. The topological polar surface area (TPSA) is 64.0 Å². The molecule has 8 heteroatoms. The highest BCUT2D eigenvalue weighted by Gasteiger charge is 2.12. The van der Waals surface area contributed by atoms with Gasteiger partial charge in [0.1, 0.15) is 6.54 Å². The van der Waals surface area contributed by atoms with Gasteiger partial charge in [0.05, 0.1) is 38.0 Å². The molecule has 0 atom stereocenters. The molecule has 0 aliphatic carbocycles. The number of anilines is 1. The second-order valence-electron chi connectivity index (χ2n) is 5.44. The molecule has 3 rings (SSSR count). The van der Waals surface area contributed by atoms with Gasteiger partial charge in [-0.05, 0) is 30.7 Å². The number of aryl methyl sites for hydroxylation is 1. The zero-order valence-electron chi connectivity index (χ0n) is 13.0. The Balaban J connectivity index is 1.87. The van der Waals surface area contributed by atoms with Crippen LogP contribution >= 0.6 is 34.8 Å². The zero-order valence-corrected chi connectivity index (χ0v) is 15.3. The summed E-state index contributed by atoms with van der Waals surface area (Å²) in [6.45, 7) is 1.67. The third-order valence-electron chi connectivity index (χ3n) is 3.65. The third-order valence-corrected chi connectivity index (χ3v) is 4.69. The molecule has 5 nitrogen and oxygen atoms in total. The van der Waals surface area contributed by atoms with Gasteiger partial charge in [0.25, 0.3) is 5.56 Å². The molecule has 1 heterocycles. The summed E-state index contributed by atoms with van der Waals surface area (Å²) >= 11 is 17.8. The van der Waals surface area contributed by atoms with Gasteiger partial charge in [0.2, 0.25) is 5.91 Å².